The molecule has 1 fully saturated rings. The van der Waals surface area contributed by atoms with Crippen LogP contribution in [0, 0.1) is 5.92 Å². The third kappa shape index (κ3) is 5.85. The van der Waals surface area contributed by atoms with Crippen molar-refractivity contribution in [2.45, 2.75) is 75.9 Å². The SMILES string of the molecule is C=CCN1C(=O)[C@@]2(O[C@@H](CCO)[C@H]([Si](C)(C)F)[C@H]2C)c2cc(N3C(=O)C(NCCCCO)Cc4cc(OCC)ccc43)ccc21. The average Bonchev–Trinajstić information content (AvgIpc) is 3.42. The minimum absolute atomic E-state index is 0.0913. The van der Waals surface area contributed by atoms with E-state index in [4.69, 9.17) is 9.47 Å². The van der Waals surface area contributed by atoms with Gasteiger partial charge in [-0.2, -0.15) is 0 Å². The van der Waals surface area contributed by atoms with Crippen LogP contribution in [0.25, 0.3) is 0 Å². The first-order valence-electron chi connectivity index (χ1n) is 16.0. The summed E-state index contributed by atoms with van der Waals surface area (Å²) in [4.78, 5) is 31.8. The standard InChI is InChI=1S/C34H46FN3O6Si/c1-6-16-37-29-12-10-24(21-26(29)34(33(37)42)22(3)31(45(4,5)35)30(44-34)14-18-40)38-28-13-11-25(43-7-2)19-23(28)20-27(32(38)41)36-15-8-9-17-39/h6,10-13,19,21-22,27,30-31,36,39-40H,1,7-9,14-18,20H2,2-5H3/t22-,27?,30+,31-,34+/m1/s1. The lowest BCUT2D eigenvalue weighted by Gasteiger charge is -2.36. The van der Waals surface area contributed by atoms with Crippen LogP contribution in [0.15, 0.2) is 49.1 Å². The summed E-state index contributed by atoms with van der Waals surface area (Å²) in [6.45, 7) is 12.2. The Kier molecular flexibility index (Phi) is 9.86. The summed E-state index contributed by atoms with van der Waals surface area (Å²) in [5.74, 6) is -0.196. The number of carbonyl (C=O) groups is 2. The van der Waals surface area contributed by atoms with Gasteiger partial charge in [0, 0.05) is 42.5 Å². The highest BCUT2D eigenvalue weighted by molar-refractivity contribution is 6.72. The van der Waals surface area contributed by atoms with Gasteiger partial charge in [-0.1, -0.05) is 13.0 Å². The predicted molar refractivity (Wildman–Crippen MR) is 175 cm³/mol. The number of rotatable bonds is 13. The smallest absolute Gasteiger partial charge is 0.264 e. The van der Waals surface area contributed by atoms with E-state index in [0.29, 0.717) is 42.9 Å². The molecule has 9 nitrogen and oxygen atoms in total. The molecule has 0 radical (unpaired) electrons. The van der Waals surface area contributed by atoms with Gasteiger partial charge in [0.25, 0.3) is 5.91 Å². The molecule has 1 saturated heterocycles. The molecule has 3 N–H and O–H groups in total. The minimum atomic E-state index is -3.34. The zero-order valence-corrected chi connectivity index (χ0v) is 27.7. The van der Waals surface area contributed by atoms with Crippen molar-refractivity contribution < 1.29 is 33.4 Å². The maximum Gasteiger partial charge on any atom is 0.264 e. The number of carbonyl (C=O) groups excluding carboxylic acids is 2. The van der Waals surface area contributed by atoms with Gasteiger partial charge in [0.15, 0.2) is 5.60 Å². The lowest BCUT2D eigenvalue weighted by molar-refractivity contribution is -0.146. The molecule has 3 heterocycles. The van der Waals surface area contributed by atoms with Gasteiger partial charge in [-0.15, -0.1) is 6.58 Å². The lowest BCUT2D eigenvalue weighted by Crippen LogP contribution is -2.49. The average molecular weight is 640 g/mol. The minimum Gasteiger partial charge on any atom is -0.494 e. The quantitative estimate of drug-likeness (QED) is 0.126. The fourth-order valence-corrected chi connectivity index (χ4v) is 10.1. The van der Waals surface area contributed by atoms with E-state index < -0.39 is 37.6 Å². The van der Waals surface area contributed by atoms with Crippen molar-refractivity contribution in [1.82, 2.24) is 5.32 Å². The first kappa shape index (κ1) is 33.3. The number of nitrogens with zero attached hydrogens (tertiary/aromatic N) is 2. The Morgan fingerprint density at radius 1 is 1.16 bits per heavy atom. The van der Waals surface area contributed by atoms with E-state index in [2.05, 4.69) is 11.9 Å². The van der Waals surface area contributed by atoms with Gasteiger partial charge < -0.3 is 34.0 Å². The van der Waals surface area contributed by atoms with Crippen molar-refractivity contribution in [1.29, 1.82) is 0 Å². The molecule has 0 saturated carbocycles. The molecule has 0 aromatic heterocycles. The van der Waals surface area contributed by atoms with Gasteiger partial charge >= 0.3 is 0 Å². The molecule has 0 bridgehead atoms. The van der Waals surface area contributed by atoms with Crippen LogP contribution in [0.5, 0.6) is 5.75 Å². The van der Waals surface area contributed by atoms with Gasteiger partial charge in [0.2, 0.25) is 14.3 Å². The number of ether oxygens (including phenoxy) is 2. The predicted octanol–water partition coefficient (Wildman–Crippen LogP) is 4.73. The van der Waals surface area contributed by atoms with Crippen LogP contribution in [-0.4, -0.2) is 75.5 Å². The Labute approximate surface area is 266 Å². The highest BCUT2D eigenvalue weighted by Gasteiger charge is 2.66. The van der Waals surface area contributed by atoms with Crippen molar-refractivity contribution in [2.75, 3.05) is 42.7 Å². The third-order valence-corrected chi connectivity index (χ3v) is 11.9. The van der Waals surface area contributed by atoms with Crippen LogP contribution in [0.1, 0.15) is 44.2 Å². The fourth-order valence-electron chi connectivity index (χ4n) is 7.60. The van der Waals surface area contributed by atoms with Crippen LogP contribution >= 0.6 is 0 Å². The van der Waals surface area contributed by atoms with E-state index in [0.717, 1.165) is 23.4 Å². The highest BCUT2D eigenvalue weighted by Crippen LogP contribution is 2.60. The van der Waals surface area contributed by atoms with Crippen LogP contribution in [-0.2, 0) is 26.3 Å². The van der Waals surface area contributed by atoms with Gasteiger partial charge in [-0.05, 0) is 94.2 Å². The third-order valence-electron chi connectivity index (χ3n) is 9.45. The second-order valence-corrected chi connectivity index (χ2v) is 16.5. The number of hydrogen-bond acceptors (Lipinski definition) is 7. The summed E-state index contributed by atoms with van der Waals surface area (Å²) in [5.41, 5.74) is 1.51. The molecular weight excluding hydrogens is 593 g/mol. The van der Waals surface area contributed by atoms with Crippen LogP contribution in [0.2, 0.25) is 18.6 Å². The molecule has 5 atom stereocenters. The molecule has 45 heavy (non-hydrogen) atoms. The maximum absolute atomic E-state index is 15.9. The molecule has 2 aromatic carbocycles. The molecule has 3 aliphatic heterocycles. The first-order valence-corrected chi connectivity index (χ1v) is 19.0. The van der Waals surface area contributed by atoms with Crippen LogP contribution < -0.4 is 19.9 Å². The number of amides is 2. The van der Waals surface area contributed by atoms with Crippen molar-refractivity contribution in [2.24, 2.45) is 5.92 Å². The number of unbranched alkanes of at least 4 members (excludes halogenated alkanes) is 1. The zero-order chi connectivity index (χ0) is 32.5. The normalized spacial score (nSPS) is 26.0. The molecule has 2 amide bonds. The van der Waals surface area contributed by atoms with Crippen LogP contribution in [0.3, 0.4) is 0 Å². The lowest BCUT2D eigenvalue weighted by atomic mass is 9.82. The summed E-state index contributed by atoms with van der Waals surface area (Å²) in [7, 11) is -3.34. The number of halogens is 1. The number of hydrogen-bond donors (Lipinski definition) is 3. The molecular formula is C34H46FN3O6Si. The topological polar surface area (TPSA) is 112 Å². The molecule has 1 spiro atoms. The van der Waals surface area contributed by atoms with Crippen molar-refractivity contribution >= 4 is 37.3 Å². The molecule has 11 heteroatoms. The molecule has 244 valence electrons. The van der Waals surface area contributed by atoms with E-state index in [9.17, 15) is 19.8 Å². The Balaban J connectivity index is 1.63. The van der Waals surface area contributed by atoms with Gasteiger partial charge in [0.1, 0.15) is 5.75 Å². The summed E-state index contributed by atoms with van der Waals surface area (Å²) < 4.78 is 28.3. The largest absolute Gasteiger partial charge is 0.494 e. The van der Waals surface area contributed by atoms with Crippen molar-refractivity contribution in [3.05, 3.63) is 60.2 Å². The number of benzene rings is 2. The molecule has 3 aliphatic rings. The van der Waals surface area contributed by atoms with Gasteiger partial charge in [0.05, 0.1) is 30.1 Å². The number of aliphatic hydroxyl groups excluding tert-OH is 2. The number of nitrogens with one attached hydrogen (secondary N) is 1. The Bertz CT molecular complexity index is 1430. The summed E-state index contributed by atoms with van der Waals surface area (Å²) in [5, 5.41) is 22.5. The highest BCUT2D eigenvalue weighted by atomic mass is 28.4. The summed E-state index contributed by atoms with van der Waals surface area (Å²) in [6.07, 6.45) is 3.10. The van der Waals surface area contributed by atoms with E-state index >= 15 is 4.11 Å². The van der Waals surface area contributed by atoms with Crippen LogP contribution in [0.4, 0.5) is 21.2 Å². The molecule has 2 aromatic rings. The van der Waals surface area contributed by atoms with Crippen molar-refractivity contribution in [3.8, 4) is 5.75 Å². The monoisotopic (exact) mass is 639 g/mol. The maximum atomic E-state index is 15.9. The number of anilines is 3. The second-order valence-electron chi connectivity index (χ2n) is 12.7. The van der Waals surface area contributed by atoms with E-state index in [1.165, 1.54) is 0 Å². The van der Waals surface area contributed by atoms with E-state index in [1.807, 2.05) is 50.2 Å². The first-order chi connectivity index (χ1) is 21.5. The Hall–Kier alpha value is -3.09. The van der Waals surface area contributed by atoms with E-state index in [-0.39, 0.29) is 38.0 Å². The number of aliphatic hydroxyl groups is 2. The van der Waals surface area contributed by atoms with Gasteiger partial charge in [-0.25, -0.2) is 0 Å². The fraction of sp³-hybridized carbons (Fsp3) is 0.529. The summed E-state index contributed by atoms with van der Waals surface area (Å²) in [6, 6.07) is 10.7. The Morgan fingerprint density at radius 2 is 1.91 bits per heavy atom. The summed E-state index contributed by atoms with van der Waals surface area (Å²) >= 11 is 0. The molecule has 5 rings (SSSR count). The number of fused-ring (bicyclic) bond motifs is 3. The van der Waals surface area contributed by atoms with Gasteiger partial charge in [-0.3, -0.25) is 14.5 Å². The molecule has 0 aliphatic carbocycles. The van der Waals surface area contributed by atoms with E-state index in [1.54, 1.807) is 29.0 Å². The zero-order valence-electron chi connectivity index (χ0n) is 26.7. The second kappa shape index (κ2) is 13.3. The van der Waals surface area contributed by atoms with Crippen molar-refractivity contribution in [3.63, 3.8) is 0 Å². The Morgan fingerprint density at radius 3 is 2.58 bits per heavy atom. The molecule has 1 unspecified atom stereocenters.